The molecule has 0 N–H and O–H groups in total. The molecule has 5 aromatic heterocycles. The zero-order valence-corrected chi connectivity index (χ0v) is 29.1. The summed E-state index contributed by atoms with van der Waals surface area (Å²) < 4.78 is 9.62. The third-order valence-electron chi connectivity index (χ3n) is 11.2. The van der Waals surface area contributed by atoms with Gasteiger partial charge in [0.1, 0.15) is 11.5 Å². The second-order valence-corrected chi connectivity index (χ2v) is 14.0. The van der Waals surface area contributed by atoms with Gasteiger partial charge < -0.3 is 9.13 Å². The monoisotopic (exact) mass is 689 g/mol. The highest BCUT2D eigenvalue weighted by Crippen LogP contribution is 2.43. The number of rotatable bonds is 4. The molecule has 0 aliphatic heterocycles. The fourth-order valence-electron chi connectivity index (χ4n) is 9.08. The smallest absolute Gasteiger partial charge is 0.138 e. The highest BCUT2D eigenvalue weighted by molar-refractivity contribution is 6.26. The van der Waals surface area contributed by atoms with Crippen LogP contribution in [0.4, 0.5) is 0 Å². The van der Waals surface area contributed by atoms with Gasteiger partial charge in [-0.1, -0.05) is 109 Å². The van der Waals surface area contributed by atoms with Crippen molar-refractivity contribution in [2.75, 3.05) is 0 Å². The van der Waals surface area contributed by atoms with Gasteiger partial charge in [0.05, 0.1) is 33.1 Å². The molecule has 0 saturated heterocycles. The van der Waals surface area contributed by atoms with Gasteiger partial charge >= 0.3 is 0 Å². The summed E-state index contributed by atoms with van der Waals surface area (Å²) in [5.41, 5.74) is 11.5. The molecule has 5 nitrogen and oxygen atoms in total. The Balaban J connectivity index is 1.19. The average molecular weight is 690 g/mol. The zero-order valence-electron chi connectivity index (χ0n) is 29.1. The van der Waals surface area contributed by atoms with E-state index >= 15 is 0 Å². The molecule has 0 radical (unpaired) electrons. The largest absolute Gasteiger partial charge is 0.309 e. The van der Waals surface area contributed by atoms with Crippen LogP contribution in [-0.4, -0.2) is 23.3 Å². The van der Waals surface area contributed by atoms with E-state index in [1.54, 1.807) is 0 Å². The molecule has 5 heterocycles. The van der Waals surface area contributed by atoms with Crippen molar-refractivity contribution >= 4 is 76.5 Å². The van der Waals surface area contributed by atoms with Gasteiger partial charge in [0.25, 0.3) is 0 Å². The lowest BCUT2D eigenvalue weighted by Gasteiger charge is -2.14. The molecule has 0 saturated carbocycles. The summed E-state index contributed by atoms with van der Waals surface area (Å²) in [6.07, 6.45) is 1.88. The van der Waals surface area contributed by atoms with Crippen LogP contribution in [0.1, 0.15) is 0 Å². The van der Waals surface area contributed by atoms with Crippen LogP contribution in [0.5, 0.6) is 0 Å². The number of nitrogens with zero attached hydrogens (tertiary/aromatic N) is 5. The molecule has 5 heteroatoms. The lowest BCUT2D eigenvalue weighted by molar-refractivity contribution is 1.02. The molecular formula is C49H31N5. The van der Waals surface area contributed by atoms with Crippen molar-refractivity contribution < 1.29 is 0 Å². The van der Waals surface area contributed by atoms with E-state index in [9.17, 15) is 0 Å². The molecule has 0 spiro atoms. The number of fused-ring (bicyclic) bond motifs is 12. The summed E-state index contributed by atoms with van der Waals surface area (Å²) in [6.45, 7) is 0. The first-order valence-corrected chi connectivity index (χ1v) is 18.4. The van der Waals surface area contributed by atoms with Crippen molar-refractivity contribution in [3.05, 3.63) is 188 Å². The number of hydrogen-bond donors (Lipinski definition) is 0. The zero-order chi connectivity index (χ0) is 35.3. The Hall–Kier alpha value is -7.37. The predicted octanol–water partition coefficient (Wildman–Crippen LogP) is 12.3. The molecule has 54 heavy (non-hydrogen) atoms. The maximum atomic E-state index is 4.87. The van der Waals surface area contributed by atoms with Gasteiger partial charge in [-0.15, -0.1) is 0 Å². The van der Waals surface area contributed by atoms with E-state index in [4.69, 9.17) is 4.98 Å². The standard InChI is InChI=1S/C49H31N5/c1-2-15-32(16-3-1)52-40-23-8-4-19-35(40)36-28-29-44-47(48(36)52)39-22-7-9-24-41(39)51(44)33-17-14-18-34(31-33)53-42-25-10-5-20-37(42)46-38-21-6-11-26-43(38)54(49(46)53)45-27-12-13-30-50-45/h1-31H. The summed E-state index contributed by atoms with van der Waals surface area (Å²) in [4.78, 5) is 4.87. The van der Waals surface area contributed by atoms with E-state index in [0.29, 0.717) is 0 Å². The third kappa shape index (κ3) is 3.90. The van der Waals surface area contributed by atoms with Crippen LogP contribution in [-0.2, 0) is 0 Å². The Bertz CT molecular complexity index is 3430. The van der Waals surface area contributed by atoms with E-state index in [2.05, 4.69) is 194 Å². The second-order valence-electron chi connectivity index (χ2n) is 14.0. The average Bonchev–Trinajstić information content (AvgIpc) is 3.96. The van der Waals surface area contributed by atoms with E-state index in [1.807, 2.05) is 12.3 Å². The van der Waals surface area contributed by atoms with Gasteiger partial charge in [-0.05, 0) is 72.8 Å². The second kappa shape index (κ2) is 11.1. The maximum absolute atomic E-state index is 4.87. The normalized spacial score (nSPS) is 12.1. The van der Waals surface area contributed by atoms with Crippen molar-refractivity contribution in [1.82, 2.24) is 23.3 Å². The van der Waals surface area contributed by atoms with E-state index in [-0.39, 0.29) is 0 Å². The number of para-hydroxylation sites is 5. The maximum Gasteiger partial charge on any atom is 0.138 e. The summed E-state index contributed by atoms with van der Waals surface area (Å²) in [5.74, 6) is 0.893. The predicted molar refractivity (Wildman–Crippen MR) is 224 cm³/mol. The molecule has 7 aromatic carbocycles. The molecule has 0 bridgehead atoms. The molecule has 252 valence electrons. The first-order chi connectivity index (χ1) is 26.8. The molecule has 0 fully saturated rings. The van der Waals surface area contributed by atoms with Crippen molar-refractivity contribution in [3.63, 3.8) is 0 Å². The number of benzene rings is 7. The minimum Gasteiger partial charge on any atom is -0.309 e. The van der Waals surface area contributed by atoms with Gasteiger partial charge in [0.15, 0.2) is 0 Å². The Morgan fingerprint density at radius 3 is 1.54 bits per heavy atom. The van der Waals surface area contributed by atoms with Crippen LogP contribution in [0.25, 0.3) is 99.3 Å². The number of hydrogen-bond acceptors (Lipinski definition) is 1. The topological polar surface area (TPSA) is 32.6 Å². The summed E-state index contributed by atoms with van der Waals surface area (Å²) >= 11 is 0. The number of pyridine rings is 1. The van der Waals surface area contributed by atoms with Crippen LogP contribution in [0.2, 0.25) is 0 Å². The summed E-state index contributed by atoms with van der Waals surface area (Å²) in [6, 6.07) is 65.6. The van der Waals surface area contributed by atoms with Crippen LogP contribution in [0, 0.1) is 0 Å². The molecule has 0 atom stereocenters. The van der Waals surface area contributed by atoms with E-state index < -0.39 is 0 Å². The molecular weight excluding hydrogens is 659 g/mol. The lowest BCUT2D eigenvalue weighted by atomic mass is 10.1. The lowest BCUT2D eigenvalue weighted by Crippen LogP contribution is -2.04. The molecule has 12 aromatic rings. The Labute approximate surface area is 309 Å². The van der Waals surface area contributed by atoms with Crippen molar-refractivity contribution in [2.45, 2.75) is 0 Å². The Morgan fingerprint density at radius 1 is 0.315 bits per heavy atom. The molecule has 0 unspecified atom stereocenters. The minimum atomic E-state index is 0.893. The molecule has 0 aliphatic carbocycles. The minimum absolute atomic E-state index is 0.893. The first-order valence-electron chi connectivity index (χ1n) is 18.4. The van der Waals surface area contributed by atoms with Gasteiger partial charge in [-0.2, -0.15) is 0 Å². The van der Waals surface area contributed by atoms with Crippen LogP contribution in [0.3, 0.4) is 0 Å². The summed E-state index contributed by atoms with van der Waals surface area (Å²) in [5, 5.41) is 8.64. The van der Waals surface area contributed by atoms with Crippen LogP contribution < -0.4 is 0 Å². The molecule has 0 aliphatic rings. The molecule has 12 rings (SSSR count). The highest BCUT2D eigenvalue weighted by atomic mass is 15.2. The van der Waals surface area contributed by atoms with E-state index in [0.717, 1.165) is 39.6 Å². The van der Waals surface area contributed by atoms with Gasteiger partial charge in [0.2, 0.25) is 0 Å². The molecule has 0 amide bonds. The van der Waals surface area contributed by atoms with E-state index in [1.165, 1.54) is 59.8 Å². The Morgan fingerprint density at radius 2 is 0.852 bits per heavy atom. The first kappa shape index (κ1) is 29.2. The van der Waals surface area contributed by atoms with Crippen molar-refractivity contribution in [2.24, 2.45) is 0 Å². The van der Waals surface area contributed by atoms with Crippen molar-refractivity contribution in [3.8, 4) is 22.9 Å². The van der Waals surface area contributed by atoms with Crippen molar-refractivity contribution in [1.29, 1.82) is 0 Å². The number of aromatic nitrogens is 5. The highest BCUT2D eigenvalue weighted by Gasteiger charge is 2.24. The van der Waals surface area contributed by atoms with Gasteiger partial charge in [-0.3, -0.25) is 9.13 Å². The van der Waals surface area contributed by atoms with Crippen LogP contribution >= 0.6 is 0 Å². The third-order valence-corrected chi connectivity index (χ3v) is 11.2. The SMILES string of the molecule is c1ccc(-n2c3ccccc3c3ccc4c(c5ccccc5n4-c4cccc(-n5c6ccccc6c6c7ccccc7n(-c7ccccn7)c65)c4)c32)cc1. The van der Waals surface area contributed by atoms with Crippen LogP contribution in [0.15, 0.2) is 188 Å². The van der Waals surface area contributed by atoms with Gasteiger partial charge in [-0.25, -0.2) is 4.98 Å². The van der Waals surface area contributed by atoms with Gasteiger partial charge in [0, 0.05) is 61.0 Å². The quantitative estimate of drug-likeness (QED) is 0.181. The fraction of sp³-hybridized carbons (Fsp3) is 0. The summed E-state index contributed by atoms with van der Waals surface area (Å²) in [7, 11) is 0. The fourth-order valence-corrected chi connectivity index (χ4v) is 9.08. The Kier molecular flexibility index (Phi) is 5.99.